The van der Waals surface area contributed by atoms with Crippen LogP contribution >= 0.6 is 11.8 Å². The van der Waals surface area contributed by atoms with Crippen LogP contribution in [0.3, 0.4) is 0 Å². The van der Waals surface area contributed by atoms with E-state index in [-0.39, 0.29) is 11.5 Å². The average molecular weight is 587 g/mol. The van der Waals surface area contributed by atoms with Crippen molar-refractivity contribution in [3.8, 4) is 17.0 Å². The van der Waals surface area contributed by atoms with Crippen LogP contribution in [-0.2, 0) is 27.7 Å². The molecule has 1 fully saturated rings. The highest BCUT2D eigenvalue weighted by Crippen LogP contribution is 2.32. The number of aryl methyl sites for hydroxylation is 1. The number of nitrogens with one attached hydrogen (secondary N) is 2. The van der Waals surface area contributed by atoms with Gasteiger partial charge in [0.2, 0.25) is 5.88 Å². The number of ether oxygens (including phenoxy) is 2. The van der Waals surface area contributed by atoms with Gasteiger partial charge in [-0.1, -0.05) is 49.4 Å². The maximum atomic E-state index is 13.1. The van der Waals surface area contributed by atoms with Gasteiger partial charge < -0.3 is 14.8 Å². The molecule has 0 spiro atoms. The molecule has 0 saturated heterocycles. The van der Waals surface area contributed by atoms with E-state index in [0.29, 0.717) is 47.5 Å². The van der Waals surface area contributed by atoms with Gasteiger partial charge in [-0.15, -0.1) is 11.8 Å². The molecule has 214 valence electrons. The van der Waals surface area contributed by atoms with Crippen LogP contribution in [0.25, 0.3) is 11.1 Å². The van der Waals surface area contributed by atoms with Gasteiger partial charge in [0.1, 0.15) is 5.82 Å². The summed E-state index contributed by atoms with van der Waals surface area (Å²) in [6, 6.07) is 13.3. The molecule has 0 radical (unpaired) electrons. The molecule has 1 aliphatic rings. The average Bonchev–Trinajstić information content (AvgIpc) is 3.72. The highest BCUT2D eigenvalue weighted by Gasteiger charge is 2.25. The van der Waals surface area contributed by atoms with Crippen molar-refractivity contribution in [2.24, 2.45) is 5.92 Å². The molecule has 0 atom stereocenters. The van der Waals surface area contributed by atoms with Crippen molar-refractivity contribution < 1.29 is 27.5 Å². The van der Waals surface area contributed by atoms with Gasteiger partial charge >= 0.3 is 12.2 Å². The molecule has 2 aromatic carbocycles. The number of hydrogen-bond donors (Lipinski definition) is 2. The largest absolute Gasteiger partial charge is 0.515 e. The van der Waals surface area contributed by atoms with E-state index in [1.165, 1.54) is 17.8 Å². The van der Waals surface area contributed by atoms with Crippen molar-refractivity contribution in [3.05, 3.63) is 59.9 Å². The number of rotatable bonds is 12. The predicted molar refractivity (Wildman–Crippen MR) is 153 cm³/mol. The van der Waals surface area contributed by atoms with Crippen LogP contribution in [0, 0.1) is 5.92 Å². The quantitative estimate of drug-likeness (QED) is 0.219. The van der Waals surface area contributed by atoms with Crippen LogP contribution < -0.4 is 14.8 Å². The summed E-state index contributed by atoms with van der Waals surface area (Å²) in [5, 5.41) is 3.22. The van der Waals surface area contributed by atoms with E-state index >= 15 is 0 Å². The Morgan fingerprint density at radius 2 is 1.82 bits per heavy atom. The van der Waals surface area contributed by atoms with Crippen molar-refractivity contribution in [2.75, 3.05) is 19.4 Å². The minimum absolute atomic E-state index is 0.0129. The number of sulfonamides is 1. The van der Waals surface area contributed by atoms with E-state index in [0.717, 1.165) is 30.7 Å². The molecule has 40 heavy (non-hydrogen) atoms. The highest BCUT2D eigenvalue weighted by atomic mass is 32.2. The summed E-state index contributed by atoms with van der Waals surface area (Å²) in [5.74, 6) is 1.55. The third kappa shape index (κ3) is 7.36. The normalized spacial score (nSPS) is 13.1. The van der Waals surface area contributed by atoms with Gasteiger partial charge in [-0.2, -0.15) is 0 Å². The van der Waals surface area contributed by atoms with E-state index < -0.39 is 22.2 Å². The van der Waals surface area contributed by atoms with Crippen LogP contribution in [-0.4, -0.2) is 49.6 Å². The van der Waals surface area contributed by atoms with Crippen LogP contribution in [0.4, 0.5) is 9.59 Å². The third-order valence-corrected chi connectivity index (χ3v) is 8.38. The van der Waals surface area contributed by atoms with E-state index in [9.17, 15) is 18.0 Å². The number of benzene rings is 2. The van der Waals surface area contributed by atoms with Crippen molar-refractivity contribution in [1.29, 1.82) is 0 Å². The smallest absolute Gasteiger partial charge is 0.434 e. The summed E-state index contributed by atoms with van der Waals surface area (Å²) in [5.41, 5.74) is 2.05. The zero-order chi connectivity index (χ0) is 28.7. The Bertz CT molecular complexity index is 1450. The van der Waals surface area contributed by atoms with Gasteiger partial charge in [0.05, 0.1) is 18.0 Å². The molecule has 4 rings (SSSR count). The molecule has 2 N–H and O–H groups in total. The van der Waals surface area contributed by atoms with E-state index in [1.54, 1.807) is 25.1 Å². The lowest BCUT2D eigenvalue weighted by atomic mass is 10.0. The van der Waals surface area contributed by atoms with E-state index in [4.69, 9.17) is 9.47 Å². The topological polar surface area (TPSA) is 129 Å². The second-order valence-corrected chi connectivity index (χ2v) is 11.9. The van der Waals surface area contributed by atoms with E-state index in [2.05, 4.69) is 21.9 Å². The zero-order valence-corrected chi connectivity index (χ0v) is 24.4. The first-order valence-electron chi connectivity index (χ1n) is 13.2. The first-order chi connectivity index (χ1) is 19.2. The van der Waals surface area contributed by atoms with Gasteiger partial charge in [0.25, 0.3) is 10.0 Å². The maximum absolute atomic E-state index is 13.1. The Morgan fingerprint density at radius 3 is 2.48 bits per heavy atom. The number of urea groups is 1. The van der Waals surface area contributed by atoms with Gasteiger partial charge in [-0.3, -0.25) is 4.57 Å². The van der Waals surface area contributed by atoms with Gasteiger partial charge in [0, 0.05) is 18.5 Å². The zero-order valence-electron chi connectivity index (χ0n) is 22.8. The van der Waals surface area contributed by atoms with Crippen molar-refractivity contribution in [1.82, 2.24) is 19.6 Å². The molecule has 10 nitrogen and oxygen atoms in total. The first-order valence-corrected chi connectivity index (χ1v) is 15.9. The summed E-state index contributed by atoms with van der Waals surface area (Å²) < 4.78 is 40.6. The number of imidazole rings is 1. The number of carbonyl (C=O) groups is 2. The van der Waals surface area contributed by atoms with Crippen molar-refractivity contribution >= 4 is 34.0 Å². The van der Waals surface area contributed by atoms with Crippen LogP contribution in [0.1, 0.15) is 44.5 Å². The van der Waals surface area contributed by atoms with Crippen molar-refractivity contribution in [3.63, 3.8) is 0 Å². The Morgan fingerprint density at radius 1 is 1.10 bits per heavy atom. The fourth-order valence-electron chi connectivity index (χ4n) is 4.18. The monoisotopic (exact) mass is 586 g/mol. The number of aromatic nitrogens is 2. The fraction of sp³-hybridized carbons (Fsp3) is 0.393. The summed E-state index contributed by atoms with van der Waals surface area (Å²) in [6.45, 7) is 4.81. The summed E-state index contributed by atoms with van der Waals surface area (Å²) >= 11 is 1.39. The minimum Gasteiger partial charge on any atom is -0.434 e. The first kappa shape index (κ1) is 29.5. The number of nitrogens with zero attached hydrogens (tertiary/aromatic N) is 2. The van der Waals surface area contributed by atoms with Gasteiger partial charge in [-0.05, 0) is 55.6 Å². The highest BCUT2D eigenvalue weighted by molar-refractivity contribution is 7.98. The lowest BCUT2D eigenvalue weighted by molar-refractivity contribution is 0.0998. The van der Waals surface area contributed by atoms with Crippen LogP contribution in [0.15, 0.2) is 58.5 Å². The number of hydrogen-bond acceptors (Lipinski definition) is 8. The van der Waals surface area contributed by atoms with E-state index in [1.807, 2.05) is 35.1 Å². The summed E-state index contributed by atoms with van der Waals surface area (Å²) in [6.07, 6.45) is 4.73. The molecule has 0 bridgehead atoms. The molecular formula is C28H34N4O6S2. The lowest BCUT2D eigenvalue weighted by Gasteiger charge is -2.14. The molecule has 3 aromatic rings. The molecule has 1 heterocycles. The number of carbonyl (C=O) groups excluding carboxylic acids is 2. The Labute approximate surface area is 238 Å². The standard InChI is InChI=1S/C28H34N4O6S2/c1-4-8-24-30-25(39-3)26(38-28(34)37-5-2)32(24)18-20-13-15-21(16-14-20)22-9-6-7-10-23(22)40(35,36)31-27(33)29-17-19-11-12-19/h6-7,9-10,13-16,19H,4-5,8,11-12,17-18H2,1-3H3,(H2,29,31,33). The molecule has 0 unspecified atom stereocenters. The Kier molecular flexibility index (Phi) is 9.75. The molecule has 1 saturated carbocycles. The van der Waals surface area contributed by atoms with Crippen molar-refractivity contribution in [2.45, 2.75) is 56.0 Å². The summed E-state index contributed by atoms with van der Waals surface area (Å²) in [7, 11) is -4.10. The molecule has 1 aliphatic carbocycles. The molecular weight excluding hydrogens is 552 g/mol. The predicted octanol–water partition coefficient (Wildman–Crippen LogP) is 5.21. The number of thioether (sulfide) groups is 1. The molecule has 0 aliphatic heterocycles. The SMILES string of the molecule is CCCc1nc(SC)c(OC(=O)OCC)n1Cc1ccc(-c2ccccc2S(=O)(=O)NC(=O)NCC2CC2)cc1. The number of amides is 2. The van der Waals surface area contributed by atoms with Gasteiger partial charge in [-0.25, -0.2) is 27.7 Å². The van der Waals surface area contributed by atoms with Crippen LogP contribution in [0.2, 0.25) is 0 Å². The van der Waals surface area contributed by atoms with Crippen LogP contribution in [0.5, 0.6) is 5.88 Å². The molecule has 1 aromatic heterocycles. The maximum Gasteiger partial charge on any atom is 0.515 e. The Hall–Kier alpha value is -3.51. The Balaban J connectivity index is 1.57. The second-order valence-electron chi connectivity index (χ2n) is 9.42. The third-order valence-electron chi connectivity index (χ3n) is 6.34. The molecule has 12 heteroatoms. The van der Waals surface area contributed by atoms with Gasteiger partial charge in [0.15, 0.2) is 5.03 Å². The second kappa shape index (κ2) is 13.2. The summed E-state index contributed by atoms with van der Waals surface area (Å²) in [4.78, 5) is 29.0. The lowest BCUT2D eigenvalue weighted by Crippen LogP contribution is -2.40. The fourth-order valence-corrected chi connectivity index (χ4v) is 5.86. The minimum atomic E-state index is -4.10. The molecule has 2 amide bonds.